The molecule has 0 aromatic heterocycles. The van der Waals surface area contributed by atoms with Crippen LogP contribution in [0.25, 0.3) is 0 Å². The molecule has 0 radical (unpaired) electrons. The fourth-order valence-electron chi connectivity index (χ4n) is 6.34. The molecule has 8 heteroatoms. The molecule has 5 heterocycles. The van der Waals surface area contributed by atoms with Crippen LogP contribution in [0.15, 0.2) is 0 Å². The lowest BCUT2D eigenvalue weighted by molar-refractivity contribution is -0.919. The van der Waals surface area contributed by atoms with Crippen LogP contribution in [0.2, 0.25) is 0 Å². The van der Waals surface area contributed by atoms with Gasteiger partial charge in [-0.1, -0.05) is 0 Å². The summed E-state index contributed by atoms with van der Waals surface area (Å²) in [7, 11) is 0. The number of hydrogen-bond acceptors (Lipinski definition) is 6. The molecule has 8 nitrogen and oxygen atoms in total. The third-order valence-corrected chi connectivity index (χ3v) is 8.05. The fourth-order valence-corrected chi connectivity index (χ4v) is 6.34. The van der Waals surface area contributed by atoms with Crippen molar-refractivity contribution in [1.82, 2.24) is 21.0 Å². The molecule has 166 valence electrons. The van der Waals surface area contributed by atoms with Crippen molar-refractivity contribution in [3.63, 3.8) is 0 Å². The molecule has 6 N–H and O–H groups in total. The Balaban J connectivity index is 1.09. The van der Waals surface area contributed by atoms with Crippen LogP contribution in [0.3, 0.4) is 0 Å². The first-order chi connectivity index (χ1) is 14.4. The van der Waals surface area contributed by atoms with Crippen LogP contribution in [0.4, 0.5) is 0 Å². The van der Waals surface area contributed by atoms with Crippen LogP contribution in [0.5, 0.6) is 0 Å². The van der Waals surface area contributed by atoms with E-state index in [2.05, 4.69) is 26.3 Å². The maximum Gasteiger partial charge on any atom is 0.183 e. The van der Waals surface area contributed by atoms with E-state index in [0.29, 0.717) is 24.3 Å². The molecule has 0 aromatic carbocycles. The first-order valence-electron chi connectivity index (χ1n) is 12.2. The van der Waals surface area contributed by atoms with E-state index in [-0.39, 0.29) is 6.23 Å². The fraction of sp³-hybridized carbons (Fsp3) is 1.00. The first kappa shape index (κ1) is 20.6. The number of quaternary nitrogens is 2. The van der Waals surface area contributed by atoms with Crippen LogP contribution < -0.4 is 26.3 Å². The van der Waals surface area contributed by atoms with Gasteiger partial charge in [0.25, 0.3) is 0 Å². The summed E-state index contributed by atoms with van der Waals surface area (Å²) in [6.07, 6.45) is 9.03. The van der Waals surface area contributed by atoms with Crippen molar-refractivity contribution in [3.8, 4) is 0 Å². The van der Waals surface area contributed by atoms with Crippen LogP contribution in [0, 0.1) is 11.8 Å². The lowest BCUT2D eigenvalue weighted by Crippen LogP contribution is -3.16. The zero-order valence-electron chi connectivity index (χ0n) is 17.9. The normalized spacial score (nSPS) is 44.9. The second-order valence-electron chi connectivity index (χ2n) is 9.90. The summed E-state index contributed by atoms with van der Waals surface area (Å²) in [5.41, 5.74) is 3.38. The van der Waals surface area contributed by atoms with Crippen molar-refractivity contribution in [3.05, 3.63) is 0 Å². The van der Waals surface area contributed by atoms with Crippen LogP contribution in [0.1, 0.15) is 38.5 Å². The van der Waals surface area contributed by atoms with E-state index in [1.54, 1.807) is 4.90 Å². The number of ether oxygens (including phenoxy) is 1. The Hall–Kier alpha value is -0.320. The molecule has 0 saturated carbocycles. The molecule has 6 unspecified atom stereocenters. The highest BCUT2D eigenvalue weighted by molar-refractivity contribution is 4.84. The van der Waals surface area contributed by atoms with E-state index in [0.717, 1.165) is 32.2 Å². The lowest BCUT2D eigenvalue weighted by Gasteiger charge is -2.37. The van der Waals surface area contributed by atoms with Gasteiger partial charge in [0.2, 0.25) is 0 Å². The van der Waals surface area contributed by atoms with Gasteiger partial charge in [-0.25, -0.2) is 4.90 Å². The van der Waals surface area contributed by atoms with E-state index in [9.17, 15) is 0 Å². The summed E-state index contributed by atoms with van der Waals surface area (Å²) in [4.78, 5) is 10.5. The van der Waals surface area contributed by atoms with Crippen molar-refractivity contribution < 1.29 is 19.8 Å². The van der Waals surface area contributed by atoms with Gasteiger partial charge in [-0.3, -0.25) is 10.2 Å². The molecule has 5 aliphatic rings. The number of hydroxylamine groups is 1. The molecule has 5 rings (SSSR count). The Kier molecular flexibility index (Phi) is 7.00. The predicted molar refractivity (Wildman–Crippen MR) is 110 cm³/mol. The largest absolute Gasteiger partial charge is 0.379 e. The van der Waals surface area contributed by atoms with Gasteiger partial charge in [0.1, 0.15) is 12.2 Å². The Morgan fingerprint density at radius 1 is 1.07 bits per heavy atom. The number of rotatable bonds is 5. The van der Waals surface area contributed by atoms with E-state index in [1.165, 1.54) is 71.2 Å². The van der Waals surface area contributed by atoms with Crippen molar-refractivity contribution in [2.24, 2.45) is 11.8 Å². The molecular weight excluding hydrogens is 368 g/mol. The Morgan fingerprint density at radius 2 is 2.00 bits per heavy atom. The number of nitrogens with two attached hydrogens (primary N) is 1. The second-order valence-corrected chi connectivity index (χ2v) is 9.90. The van der Waals surface area contributed by atoms with Gasteiger partial charge >= 0.3 is 0 Å². The van der Waals surface area contributed by atoms with Gasteiger partial charge in [-0.15, -0.1) is 0 Å². The minimum absolute atomic E-state index is 0.172. The highest BCUT2D eigenvalue weighted by Gasteiger charge is 2.44. The van der Waals surface area contributed by atoms with E-state index in [1.807, 2.05) is 0 Å². The van der Waals surface area contributed by atoms with Crippen molar-refractivity contribution in [2.75, 3.05) is 59.0 Å². The van der Waals surface area contributed by atoms with Crippen LogP contribution in [-0.4, -0.2) is 88.5 Å². The van der Waals surface area contributed by atoms with E-state index >= 15 is 0 Å². The lowest BCUT2D eigenvalue weighted by atomic mass is 9.94. The highest BCUT2D eigenvalue weighted by atomic mass is 16.7. The number of morpholine rings is 1. The summed E-state index contributed by atoms with van der Waals surface area (Å²) >= 11 is 0. The van der Waals surface area contributed by atoms with Gasteiger partial charge in [0, 0.05) is 50.7 Å². The summed E-state index contributed by atoms with van der Waals surface area (Å²) in [5, 5.41) is 9.98. The molecule has 29 heavy (non-hydrogen) atoms. The molecule has 5 aliphatic heterocycles. The number of likely N-dealkylation sites (tertiary alicyclic amines) is 1. The SMILES string of the molecule is C1CNCC(C[NH+]2CCC[C@H]2C2NC(C3CCC(N4CCOCC4)[NH2+]C3)NO2)C1. The third kappa shape index (κ3) is 4.96. The van der Waals surface area contributed by atoms with Crippen LogP contribution in [-0.2, 0) is 9.57 Å². The Labute approximate surface area is 175 Å². The summed E-state index contributed by atoms with van der Waals surface area (Å²) < 4.78 is 5.51. The molecule has 5 saturated heterocycles. The standard InChI is InChI=1S/C21H40N6O2/c1-3-16(13-22-7-1)15-27-8-2-4-18(27)21-24-20(25-29-21)17-5-6-19(23-14-17)26-9-11-28-12-10-26/h16-25H,1-15H2/p+2/t16?,17?,18-,19?,20?,21?/m0/s1. The summed E-state index contributed by atoms with van der Waals surface area (Å²) in [6.45, 7) is 10.2. The molecule has 0 amide bonds. The Morgan fingerprint density at radius 3 is 2.79 bits per heavy atom. The molecule has 0 spiro atoms. The summed E-state index contributed by atoms with van der Waals surface area (Å²) in [6, 6.07) is 0.600. The number of nitrogens with one attached hydrogen (secondary N) is 4. The molecule has 5 fully saturated rings. The topological polar surface area (TPSA) is 78.8 Å². The zero-order chi connectivity index (χ0) is 19.5. The van der Waals surface area contributed by atoms with Crippen LogP contribution >= 0.6 is 0 Å². The Bertz CT molecular complexity index is 505. The van der Waals surface area contributed by atoms with Gasteiger partial charge in [-0.2, -0.15) is 5.48 Å². The maximum atomic E-state index is 6.13. The smallest absolute Gasteiger partial charge is 0.183 e. The second kappa shape index (κ2) is 9.87. The van der Waals surface area contributed by atoms with Crippen molar-refractivity contribution in [1.29, 1.82) is 0 Å². The molecule has 7 atom stereocenters. The minimum atomic E-state index is 0.172. The van der Waals surface area contributed by atoms with Gasteiger partial charge < -0.3 is 20.3 Å². The maximum absolute atomic E-state index is 6.13. The quantitative estimate of drug-likeness (QED) is 0.343. The average Bonchev–Trinajstić information content (AvgIpc) is 3.45. The molecular formula is C21H42N6O2+2. The predicted octanol–water partition coefficient (Wildman–Crippen LogP) is -2.56. The molecule has 0 bridgehead atoms. The highest BCUT2D eigenvalue weighted by Crippen LogP contribution is 2.20. The first-order valence-corrected chi connectivity index (χ1v) is 12.2. The number of hydrogen-bond donors (Lipinski definition) is 5. The average molecular weight is 411 g/mol. The minimum Gasteiger partial charge on any atom is -0.379 e. The van der Waals surface area contributed by atoms with Crippen molar-refractivity contribution >= 4 is 0 Å². The third-order valence-electron chi connectivity index (χ3n) is 8.05. The number of piperidine rings is 2. The van der Waals surface area contributed by atoms with Gasteiger partial charge in [0.05, 0.1) is 39.0 Å². The van der Waals surface area contributed by atoms with E-state index < -0.39 is 0 Å². The van der Waals surface area contributed by atoms with Gasteiger partial charge in [-0.05, 0) is 25.8 Å². The van der Waals surface area contributed by atoms with Crippen molar-refractivity contribution in [2.45, 2.75) is 63.1 Å². The molecule has 0 aliphatic carbocycles. The number of nitrogens with zero attached hydrogens (tertiary/aromatic N) is 1. The zero-order valence-corrected chi connectivity index (χ0v) is 17.9. The van der Waals surface area contributed by atoms with E-state index in [4.69, 9.17) is 9.57 Å². The van der Waals surface area contributed by atoms with Gasteiger partial charge in [0.15, 0.2) is 6.23 Å². The summed E-state index contributed by atoms with van der Waals surface area (Å²) in [5.74, 6) is 1.49. The molecule has 0 aromatic rings. The monoisotopic (exact) mass is 410 g/mol.